The molecule has 5 heteroatoms. The van der Waals surface area contributed by atoms with Crippen molar-refractivity contribution in [3.8, 4) is 0 Å². The number of fused-ring (bicyclic) bond motifs is 1. The van der Waals surface area contributed by atoms with Gasteiger partial charge in [0.1, 0.15) is 0 Å². The molecule has 2 rings (SSSR count). The average molecular weight is 286 g/mol. The molecule has 0 saturated heterocycles. The molecule has 1 aliphatic rings. The highest BCUT2D eigenvalue weighted by atomic mass is 19.4. The molecule has 0 saturated carbocycles. The molecule has 0 amide bonds. The summed E-state index contributed by atoms with van der Waals surface area (Å²) in [4.78, 5) is 1.57. The molecule has 1 aliphatic heterocycles. The van der Waals surface area contributed by atoms with E-state index >= 15 is 0 Å². The predicted molar refractivity (Wildman–Crippen MR) is 75.0 cm³/mol. The first-order valence-corrected chi connectivity index (χ1v) is 7.12. The van der Waals surface area contributed by atoms with Gasteiger partial charge in [0.25, 0.3) is 0 Å². The summed E-state index contributed by atoms with van der Waals surface area (Å²) in [6.45, 7) is 2.17. The lowest BCUT2D eigenvalue weighted by atomic mass is 10.0. The maximum atomic E-state index is 12.7. The zero-order valence-electron chi connectivity index (χ0n) is 11.7. The molecule has 0 spiro atoms. The summed E-state index contributed by atoms with van der Waals surface area (Å²) < 4.78 is 38.1. The Kier molecular flexibility index (Phi) is 4.91. The molecule has 20 heavy (non-hydrogen) atoms. The Bertz CT molecular complexity index is 404. The first-order valence-electron chi connectivity index (χ1n) is 7.12. The zero-order valence-corrected chi connectivity index (χ0v) is 11.7. The van der Waals surface area contributed by atoms with Crippen LogP contribution in [0, 0.1) is 0 Å². The highest BCUT2D eigenvalue weighted by Crippen LogP contribution is 2.25. The normalized spacial score (nSPS) is 19.4. The predicted octanol–water partition coefficient (Wildman–Crippen LogP) is 3.69. The van der Waals surface area contributed by atoms with E-state index in [0.29, 0.717) is 13.1 Å². The fourth-order valence-electron chi connectivity index (χ4n) is 2.78. The van der Waals surface area contributed by atoms with Crippen molar-refractivity contribution in [3.63, 3.8) is 0 Å². The molecule has 2 nitrogen and oxygen atoms in total. The van der Waals surface area contributed by atoms with Gasteiger partial charge in [-0.15, -0.1) is 0 Å². The third-order valence-electron chi connectivity index (χ3n) is 3.70. The Morgan fingerprint density at radius 1 is 1.30 bits per heavy atom. The van der Waals surface area contributed by atoms with Crippen LogP contribution in [0.25, 0.3) is 0 Å². The van der Waals surface area contributed by atoms with Gasteiger partial charge in [0.05, 0.1) is 6.54 Å². The molecular weight excluding hydrogens is 265 g/mol. The minimum absolute atomic E-state index is 0.0658. The number of nitrogens with one attached hydrogen (secondary N) is 1. The lowest BCUT2D eigenvalue weighted by Crippen LogP contribution is -2.45. The average Bonchev–Trinajstić information content (AvgIpc) is 2.59. The molecular formula is C15H21F3N2. The van der Waals surface area contributed by atoms with Crippen LogP contribution in [-0.2, 0) is 6.42 Å². The summed E-state index contributed by atoms with van der Waals surface area (Å²) in [7, 11) is 0. The van der Waals surface area contributed by atoms with Gasteiger partial charge in [0.2, 0.25) is 0 Å². The van der Waals surface area contributed by atoms with Crippen molar-refractivity contribution in [2.75, 3.05) is 25.0 Å². The molecule has 0 aliphatic carbocycles. The number of hydrogen-bond acceptors (Lipinski definition) is 2. The second-order valence-electron chi connectivity index (χ2n) is 5.32. The van der Waals surface area contributed by atoms with Crippen molar-refractivity contribution in [1.29, 1.82) is 0 Å². The molecule has 0 aromatic heterocycles. The van der Waals surface area contributed by atoms with Crippen LogP contribution in [0.1, 0.15) is 25.3 Å². The molecule has 1 N–H and O–H groups in total. The summed E-state index contributed by atoms with van der Waals surface area (Å²) in [5.41, 5.74) is 2.25. The first-order chi connectivity index (χ1) is 9.49. The number of anilines is 1. The monoisotopic (exact) mass is 286 g/mol. The van der Waals surface area contributed by atoms with Crippen LogP contribution in [0.2, 0.25) is 0 Å². The van der Waals surface area contributed by atoms with Gasteiger partial charge in [0, 0.05) is 18.3 Å². The molecule has 1 heterocycles. The van der Waals surface area contributed by atoms with E-state index in [0.717, 1.165) is 24.9 Å². The third kappa shape index (κ3) is 4.13. The van der Waals surface area contributed by atoms with E-state index in [-0.39, 0.29) is 6.04 Å². The lowest BCUT2D eigenvalue weighted by Gasteiger charge is -2.31. The number of nitrogens with zero attached hydrogens (tertiary/aromatic N) is 1. The van der Waals surface area contributed by atoms with Crippen LogP contribution >= 0.6 is 0 Å². The van der Waals surface area contributed by atoms with Crippen LogP contribution in [0.15, 0.2) is 24.3 Å². The highest BCUT2D eigenvalue weighted by Gasteiger charge is 2.33. The molecule has 0 bridgehead atoms. The fraction of sp³-hybridized carbons (Fsp3) is 0.600. The number of benzene rings is 1. The SMILES string of the molecule is CCCN(CC(F)(F)F)C1CCc2ccccc2NC1. The van der Waals surface area contributed by atoms with Gasteiger partial charge in [-0.25, -0.2) is 0 Å². The molecule has 112 valence electrons. The van der Waals surface area contributed by atoms with Gasteiger partial charge in [0.15, 0.2) is 0 Å². The highest BCUT2D eigenvalue weighted by molar-refractivity contribution is 5.52. The topological polar surface area (TPSA) is 15.3 Å². The number of para-hydroxylation sites is 1. The Morgan fingerprint density at radius 3 is 2.75 bits per heavy atom. The van der Waals surface area contributed by atoms with E-state index in [1.54, 1.807) is 4.90 Å². The minimum Gasteiger partial charge on any atom is -0.383 e. The molecule has 0 fully saturated rings. The van der Waals surface area contributed by atoms with Crippen molar-refractivity contribution in [2.24, 2.45) is 0 Å². The second-order valence-corrected chi connectivity index (χ2v) is 5.32. The van der Waals surface area contributed by atoms with Gasteiger partial charge < -0.3 is 5.32 Å². The van der Waals surface area contributed by atoms with E-state index in [1.165, 1.54) is 5.56 Å². The third-order valence-corrected chi connectivity index (χ3v) is 3.70. The van der Waals surface area contributed by atoms with Crippen LogP contribution in [0.3, 0.4) is 0 Å². The van der Waals surface area contributed by atoms with Crippen LogP contribution in [0.4, 0.5) is 18.9 Å². The van der Waals surface area contributed by atoms with Crippen molar-refractivity contribution in [2.45, 2.75) is 38.4 Å². The molecule has 1 aromatic rings. The Labute approximate surface area is 118 Å². The van der Waals surface area contributed by atoms with Gasteiger partial charge >= 0.3 is 6.18 Å². The van der Waals surface area contributed by atoms with Gasteiger partial charge in [-0.3, -0.25) is 4.90 Å². The van der Waals surface area contributed by atoms with E-state index < -0.39 is 12.7 Å². The van der Waals surface area contributed by atoms with Crippen LogP contribution < -0.4 is 5.32 Å². The minimum atomic E-state index is -4.13. The number of alkyl halides is 3. The number of aryl methyl sites for hydroxylation is 1. The fourth-order valence-corrected chi connectivity index (χ4v) is 2.78. The van der Waals surface area contributed by atoms with Crippen molar-refractivity contribution in [3.05, 3.63) is 29.8 Å². The summed E-state index contributed by atoms with van der Waals surface area (Å²) in [5.74, 6) is 0. The smallest absolute Gasteiger partial charge is 0.383 e. The number of halogens is 3. The standard InChI is InChI=1S/C15H21F3N2/c1-2-9-20(11-15(16,17)18)13-8-7-12-5-3-4-6-14(12)19-10-13/h3-6,13,19H,2,7-11H2,1H3. The summed E-state index contributed by atoms with van der Waals surface area (Å²) in [5, 5.41) is 3.29. The van der Waals surface area contributed by atoms with Crippen LogP contribution in [-0.4, -0.2) is 36.8 Å². The van der Waals surface area contributed by atoms with Crippen molar-refractivity contribution >= 4 is 5.69 Å². The maximum Gasteiger partial charge on any atom is 0.401 e. The molecule has 1 atom stereocenters. The first kappa shape index (κ1) is 15.2. The largest absolute Gasteiger partial charge is 0.401 e. The number of rotatable bonds is 4. The van der Waals surface area contributed by atoms with E-state index in [9.17, 15) is 13.2 Å². The summed E-state index contributed by atoms with van der Waals surface area (Å²) >= 11 is 0. The Balaban J connectivity index is 2.05. The summed E-state index contributed by atoms with van der Waals surface area (Å²) in [6.07, 6.45) is -1.81. The van der Waals surface area contributed by atoms with E-state index in [2.05, 4.69) is 5.32 Å². The second kappa shape index (κ2) is 6.48. The van der Waals surface area contributed by atoms with E-state index in [4.69, 9.17) is 0 Å². The van der Waals surface area contributed by atoms with Crippen LogP contribution in [0.5, 0.6) is 0 Å². The Morgan fingerprint density at radius 2 is 2.05 bits per heavy atom. The van der Waals surface area contributed by atoms with Gasteiger partial charge in [-0.1, -0.05) is 25.1 Å². The summed E-state index contributed by atoms with van der Waals surface area (Å²) in [6, 6.07) is 7.89. The van der Waals surface area contributed by atoms with E-state index in [1.807, 2.05) is 31.2 Å². The van der Waals surface area contributed by atoms with Gasteiger partial charge in [-0.05, 0) is 37.4 Å². The van der Waals surface area contributed by atoms with Crippen molar-refractivity contribution < 1.29 is 13.2 Å². The lowest BCUT2D eigenvalue weighted by molar-refractivity contribution is -0.150. The molecule has 1 aromatic carbocycles. The van der Waals surface area contributed by atoms with Crippen molar-refractivity contribution in [1.82, 2.24) is 4.90 Å². The quantitative estimate of drug-likeness (QED) is 0.908. The zero-order chi connectivity index (χ0) is 14.6. The molecule has 1 unspecified atom stereocenters. The van der Waals surface area contributed by atoms with Gasteiger partial charge in [-0.2, -0.15) is 13.2 Å². The Hall–Kier alpha value is -1.23. The molecule has 0 radical (unpaired) electrons. The maximum absolute atomic E-state index is 12.7. The number of hydrogen-bond donors (Lipinski definition) is 1.